The second-order valence-electron chi connectivity index (χ2n) is 10.2. The van der Waals surface area contributed by atoms with Crippen molar-refractivity contribution in [2.24, 2.45) is 17.8 Å². The monoisotopic (exact) mass is 346 g/mol. The zero-order valence-electron chi connectivity index (χ0n) is 16.2. The first-order chi connectivity index (χ1) is 11.7. The maximum Gasteiger partial charge on any atom is 0.333 e. The summed E-state index contributed by atoms with van der Waals surface area (Å²) in [5.41, 5.74) is 0.0658. The van der Waals surface area contributed by atoms with E-state index in [2.05, 4.69) is 20.4 Å². The standard InChI is InChI=1S/C22H34O3/c1-15(2)19(23)24-21-10-16-9-17(11-21)13-22(12-16,14-21)25-20(3,4)18-7-5-6-8-18/h16-18H,1,5-14H2,2-4H3. The van der Waals surface area contributed by atoms with Crippen molar-refractivity contribution in [3.63, 3.8) is 0 Å². The van der Waals surface area contributed by atoms with Crippen LogP contribution in [0, 0.1) is 17.8 Å². The van der Waals surface area contributed by atoms with Crippen LogP contribution in [0.4, 0.5) is 0 Å². The molecule has 3 heteroatoms. The zero-order valence-corrected chi connectivity index (χ0v) is 16.2. The van der Waals surface area contributed by atoms with E-state index in [0.717, 1.165) is 32.1 Å². The summed E-state index contributed by atoms with van der Waals surface area (Å²) in [6.45, 7) is 10.1. The highest BCUT2D eigenvalue weighted by atomic mass is 16.6. The lowest BCUT2D eigenvalue weighted by atomic mass is 9.52. The van der Waals surface area contributed by atoms with Crippen molar-refractivity contribution in [2.45, 2.75) is 102 Å². The molecule has 0 saturated heterocycles. The molecule has 5 fully saturated rings. The minimum atomic E-state index is -0.300. The van der Waals surface area contributed by atoms with E-state index in [9.17, 15) is 4.79 Å². The Morgan fingerprint density at radius 3 is 2.16 bits per heavy atom. The molecule has 0 radical (unpaired) electrons. The van der Waals surface area contributed by atoms with Crippen molar-refractivity contribution in [1.82, 2.24) is 0 Å². The molecule has 5 aliphatic rings. The number of esters is 1. The largest absolute Gasteiger partial charge is 0.456 e. The first-order valence-corrected chi connectivity index (χ1v) is 10.3. The summed E-state index contributed by atoms with van der Waals surface area (Å²) in [6.07, 6.45) is 11.8. The average molecular weight is 347 g/mol. The Morgan fingerprint density at radius 1 is 1.04 bits per heavy atom. The third kappa shape index (κ3) is 3.18. The molecule has 25 heavy (non-hydrogen) atoms. The van der Waals surface area contributed by atoms with Gasteiger partial charge in [0.2, 0.25) is 0 Å². The Labute approximate surface area is 152 Å². The van der Waals surface area contributed by atoms with Gasteiger partial charge >= 0.3 is 5.97 Å². The van der Waals surface area contributed by atoms with Gasteiger partial charge < -0.3 is 9.47 Å². The lowest BCUT2D eigenvalue weighted by Gasteiger charge is -2.62. The Kier molecular flexibility index (Phi) is 4.10. The number of hydrogen-bond donors (Lipinski definition) is 0. The van der Waals surface area contributed by atoms with Gasteiger partial charge in [-0.3, -0.25) is 0 Å². The summed E-state index contributed by atoms with van der Waals surface area (Å²) in [4.78, 5) is 12.3. The van der Waals surface area contributed by atoms with Gasteiger partial charge in [-0.15, -0.1) is 0 Å². The van der Waals surface area contributed by atoms with Crippen LogP contribution >= 0.6 is 0 Å². The van der Waals surface area contributed by atoms with Crippen molar-refractivity contribution in [3.8, 4) is 0 Å². The molecule has 4 bridgehead atoms. The van der Waals surface area contributed by atoms with E-state index in [1.165, 1.54) is 32.1 Å². The van der Waals surface area contributed by atoms with Crippen LogP contribution in [0.1, 0.15) is 85.0 Å². The molecule has 0 aliphatic heterocycles. The number of carbonyl (C=O) groups is 1. The van der Waals surface area contributed by atoms with Gasteiger partial charge in [0.1, 0.15) is 5.60 Å². The molecular formula is C22H34O3. The summed E-state index contributed by atoms with van der Waals surface area (Å²) >= 11 is 0. The number of hydrogen-bond acceptors (Lipinski definition) is 3. The molecule has 0 aromatic carbocycles. The molecule has 2 atom stereocenters. The van der Waals surface area contributed by atoms with E-state index in [4.69, 9.17) is 9.47 Å². The molecule has 5 saturated carbocycles. The molecule has 0 aromatic rings. The van der Waals surface area contributed by atoms with Gasteiger partial charge in [-0.05, 0) is 83.5 Å². The number of rotatable bonds is 5. The van der Waals surface area contributed by atoms with Crippen LogP contribution in [-0.2, 0) is 14.3 Å². The van der Waals surface area contributed by atoms with E-state index in [-0.39, 0.29) is 22.8 Å². The van der Waals surface area contributed by atoms with Crippen LogP contribution in [0.15, 0.2) is 12.2 Å². The molecule has 0 amide bonds. The topological polar surface area (TPSA) is 35.5 Å². The smallest absolute Gasteiger partial charge is 0.333 e. The lowest BCUT2D eigenvalue weighted by Crippen LogP contribution is -2.63. The summed E-state index contributed by atoms with van der Waals surface area (Å²) < 4.78 is 13.0. The molecule has 0 N–H and O–H groups in total. The summed E-state index contributed by atoms with van der Waals surface area (Å²) in [7, 11) is 0. The predicted octanol–water partition coefficient (Wildman–Crippen LogP) is 5.18. The van der Waals surface area contributed by atoms with Gasteiger partial charge in [0.05, 0.1) is 11.2 Å². The van der Waals surface area contributed by atoms with Crippen molar-refractivity contribution < 1.29 is 14.3 Å². The Bertz CT molecular complexity index is 556. The third-order valence-corrected chi connectivity index (χ3v) is 7.43. The van der Waals surface area contributed by atoms with Crippen molar-refractivity contribution in [1.29, 1.82) is 0 Å². The maximum atomic E-state index is 12.3. The van der Waals surface area contributed by atoms with Crippen LogP contribution in [-0.4, -0.2) is 22.8 Å². The Balaban J connectivity index is 1.55. The predicted molar refractivity (Wildman–Crippen MR) is 98.2 cm³/mol. The highest BCUT2D eigenvalue weighted by molar-refractivity contribution is 5.87. The van der Waals surface area contributed by atoms with E-state index >= 15 is 0 Å². The molecule has 0 spiro atoms. The van der Waals surface area contributed by atoms with Gasteiger partial charge in [0.25, 0.3) is 0 Å². The van der Waals surface area contributed by atoms with Crippen molar-refractivity contribution in [3.05, 3.63) is 12.2 Å². The highest BCUT2D eigenvalue weighted by Crippen LogP contribution is 2.61. The summed E-state index contributed by atoms with van der Waals surface area (Å²) in [6, 6.07) is 0. The fourth-order valence-corrected chi connectivity index (χ4v) is 6.88. The summed E-state index contributed by atoms with van der Waals surface area (Å²) in [5.74, 6) is 1.76. The molecule has 5 rings (SSSR count). The first kappa shape index (κ1) is 17.6. The van der Waals surface area contributed by atoms with Crippen LogP contribution in [0.2, 0.25) is 0 Å². The average Bonchev–Trinajstić information content (AvgIpc) is 2.98. The second kappa shape index (κ2) is 5.84. The van der Waals surface area contributed by atoms with E-state index in [1.54, 1.807) is 6.92 Å². The quantitative estimate of drug-likeness (QED) is 0.508. The van der Waals surface area contributed by atoms with Gasteiger partial charge in [-0.2, -0.15) is 0 Å². The number of ether oxygens (including phenoxy) is 2. The Hall–Kier alpha value is -0.830. The molecule has 2 unspecified atom stereocenters. The Morgan fingerprint density at radius 2 is 1.60 bits per heavy atom. The van der Waals surface area contributed by atoms with E-state index in [1.807, 2.05) is 0 Å². The van der Waals surface area contributed by atoms with Gasteiger partial charge in [-0.25, -0.2) is 4.79 Å². The first-order valence-electron chi connectivity index (χ1n) is 10.3. The molecule has 3 nitrogen and oxygen atoms in total. The van der Waals surface area contributed by atoms with Crippen molar-refractivity contribution >= 4 is 5.97 Å². The van der Waals surface area contributed by atoms with Gasteiger partial charge in [0, 0.05) is 12.0 Å². The minimum Gasteiger partial charge on any atom is -0.456 e. The second-order valence-corrected chi connectivity index (χ2v) is 10.2. The molecule has 140 valence electrons. The summed E-state index contributed by atoms with van der Waals surface area (Å²) in [5, 5.41) is 0. The maximum absolute atomic E-state index is 12.3. The molecular weight excluding hydrogens is 312 g/mol. The normalized spacial score (nSPS) is 40.4. The minimum absolute atomic E-state index is 0.0677. The van der Waals surface area contributed by atoms with Crippen molar-refractivity contribution in [2.75, 3.05) is 0 Å². The van der Waals surface area contributed by atoms with E-state index in [0.29, 0.717) is 23.3 Å². The molecule has 0 heterocycles. The fourth-order valence-electron chi connectivity index (χ4n) is 6.88. The van der Waals surface area contributed by atoms with Crippen LogP contribution < -0.4 is 0 Å². The van der Waals surface area contributed by atoms with Gasteiger partial charge in [0.15, 0.2) is 0 Å². The molecule has 0 aromatic heterocycles. The highest BCUT2D eigenvalue weighted by Gasteiger charge is 2.61. The zero-order chi connectivity index (χ0) is 17.9. The van der Waals surface area contributed by atoms with Crippen LogP contribution in [0.25, 0.3) is 0 Å². The van der Waals surface area contributed by atoms with Crippen LogP contribution in [0.3, 0.4) is 0 Å². The van der Waals surface area contributed by atoms with E-state index < -0.39 is 0 Å². The molecule has 5 aliphatic carbocycles. The third-order valence-electron chi connectivity index (χ3n) is 7.43. The van der Waals surface area contributed by atoms with Gasteiger partial charge in [-0.1, -0.05) is 19.4 Å². The lowest BCUT2D eigenvalue weighted by molar-refractivity contribution is -0.267. The number of carbonyl (C=O) groups excluding carboxylic acids is 1. The fraction of sp³-hybridized carbons (Fsp3) is 0.864. The SMILES string of the molecule is C=C(C)C(=O)OC12CC3CC(C1)CC(OC(C)(C)C1CCCC1)(C3)C2. The van der Waals surface area contributed by atoms with Crippen LogP contribution in [0.5, 0.6) is 0 Å².